The summed E-state index contributed by atoms with van der Waals surface area (Å²) in [5, 5.41) is 6.53. The lowest BCUT2D eigenvalue weighted by molar-refractivity contribution is 1.15. The highest BCUT2D eigenvalue weighted by molar-refractivity contribution is 9.10. The third kappa shape index (κ3) is 3.26. The number of hydrogen-bond donors (Lipinski definition) is 2. The first-order valence-corrected chi connectivity index (χ1v) is 6.75. The number of rotatable bonds is 4. The smallest absolute Gasteiger partial charge is 0.0400 e. The molecule has 2 N–H and O–H groups in total. The number of anilines is 2. The minimum absolute atomic E-state index is 0.833. The van der Waals surface area contributed by atoms with Crippen molar-refractivity contribution >= 4 is 27.3 Å². The van der Waals surface area contributed by atoms with Crippen molar-refractivity contribution in [3.63, 3.8) is 0 Å². The molecule has 2 rings (SSSR count). The quantitative estimate of drug-likeness (QED) is 0.874. The summed E-state index contributed by atoms with van der Waals surface area (Å²) < 4.78 is 1.14. The average Bonchev–Trinajstić information content (AvgIpc) is 2.41. The third-order valence-corrected chi connectivity index (χ3v) is 3.77. The van der Waals surface area contributed by atoms with E-state index in [0.29, 0.717) is 0 Å². The lowest BCUT2D eigenvalue weighted by Crippen LogP contribution is -1.99. The monoisotopic (exact) mass is 304 g/mol. The fourth-order valence-electron chi connectivity index (χ4n) is 1.70. The van der Waals surface area contributed by atoms with Crippen molar-refractivity contribution in [1.82, 2.24) is 0 Å². The molecule has 0 heterocycles. The van der Waals surface area contributed by atoms with Gasteiger partial charge in [-0.2, -0.15) is 0 Å². The molecule has 0 bridgehead atoms. The van der Waals surface area contributed by atoms with Crippen molar-refractivity contribution in [2.24, 2.45) is 0 Å². The van der Waals surface area contributed by atoms with E-state index in [0.717, 1.165) is 22.4 Å². The van der Waals surface area contributed by atoms with Gasteiger partial charge in [-0.25, -0.2) is 0 Å². The maximum atomic E-state index is 3.54. The molecule has 0 saturated carbocycles. The maximum Gasteiger partial charge on any atom is 0.0400 e. The Balaban J connectivity index is 1.99. The molecule has 2 aromatic rings. The summed E-state index contributed by atoms with van der Waals surface area (Å²) in [6.07, 6.45) is 0. The molecule has 0 saturated heterocycles. The molecular weight excluding hydrogens is 288 g/mol. The van der Waals surface area contributed by atoms with Crippen LogP contribution in [0.1, 0.15) is 11.1 Å². The van der Waals surface area contributed by atoms with Crippen LogP contribution in [0.3, 0.4) is 0 Å². The summed E-state index contributed by atoms with van der Waals surface area (Å²) in [6.45, 7) is 2.92. The Kier molecular flexibility index (Phi) is 4.26. The predicted octanol–water partition coefficient (Wildman–Crippen LogP) is 4.41. The second kappa shape index (κ2) is 5.91. The Morgan fingerprint density at radius 2 is 1.67 bits per heavy atom. The fraction of sp³-hybridized carbons (Fsp3) is 0.200. The highest BCUT2D eigenvalue weighted by Crippen LogP contribution is 2.21. The van der Waals surface area contributed by atoms with E-state index in [1.165, 1.54) is 11.1 Å². The number of benzene rings is 2. The van der Waals surface area contributed by atoms with Gasteiger partial charge in [0.15, 0.2) is 0 Å². The van der Waals surface area contributed by atoms with Crippen LogP contribution in [0.4, 0.5) is 11.4 Å². The fourth-order valence-corrected chi connectivity index (χ4v) is 2.07. The van der Waals surface area contributed by atoms with E-state index in [2.05, 4.69) is 76.0 Å². The summed E-state index contributed by atoms with van der Waals surface area (Å²) in [5.41, 5.74) is 4.78. The van der Waals surface area contributed by atoms with Gasteiger partial charge in [-0.3, -0.25) is 0 Å². The molecule has 2 aromatic carbocycles. The molecule has 2 nitrogen and oxygen atoms in total. The third-order valence-electron chi connectivity index (χ3n) is 2.91. The predicted molar refractivity (Wildman–Crippen MR) is 82.2 cm³/mol. The van der Waals surface area contributed by atoms with Gasteiger partial charge in [-0.1, -0.05) is 34.1 Å². The standard InChI is InChI=1S/C15H17BrN2/c1-11-3-6-14(9-15(11)16)18-10-12-4-7-13(17-2)8-5-12/h3-9,17-18H,10H2,1-2H3. The van der Waals surface area contributed by atoms with Gasteiger partial charge in [0.1, 0.15) is 0 Å². The molecule has 0 amide bonds. The highest BCUT2D eigenvalue weighted by Gasteiger charge is 1.98. The van der Waals surface area contributed by atoms with Crippen LogP contribution in [-0.4, -0.2) is 7.05 Å². The summed E-state index contributed by atoms with van der Waals surface area (Å²) >= 11 is 3.54. The van der Waals surface area contributed by atoms with E-state index in [1.54, 1.807) is 0 Å². The second-order valence-electron chi connectivity index (χ2n) is 4.26. The van der Waals surface area contributed by atoms with Gasteiger partial charge in [-0.15, -0.1) is 0 Å². The van der Waals surface area contributed by atoms with Gasteiger partial charge >= 0.3 is 0 Å². The van der Waals surface area contributed by atoms with Crippen molar-refractivity contribution in [3.8, 4) is 0 Å². The summed E-state index contributed by atoms with van der Waals surface area (Å²) in [7, 11) is 1.93. The largest absolute Gasteiger partial charge is 0.388 e. The van der Waals surface area contributed by atoms with Crippen LogP contribution in [0.5, 0.6) is 0 Å². The summed E-state index contributed by atoms with van der Waals surface area (Å²) in [4.78, 5) is 0. The van der Waals surface area contributed by atoms with Crippen molar-refractivity contribution in [2.75, 3.05) is 17.7 Å². The normalized spacial score (nSPS) is 10.2. The van der Waals surface area contributed by atoms with E-state index >= 15 is 0 Å². The van der Waals surface area contributed by atoms with Gasteiger partial charge in [0.05, 0.1) is 0 Å². The summed E-state index contributed by atoms with van der Waals surface area (Å²) in [5.74, 6) is 0. The topological polar surface area (TPSA) is 24.1 Å². The molecule has 0 aliphatic heterocycles. The molecular formula is C15H17BrN2. The molecule has 0 aliphatic carbocycles. The molecule has 0 unspecified atom stereocenters. The van der Waals surface area contributed by atoms with Gasteiger partial charge in [0.2, 0.25) is 0 Å². The van der Waals surface area contributed by atoms with Gasteiger partial charge in [0, 0.05) is 29.4 Å². The van der Waals surface area contributed by atoms with Crippen molar-refractivity contribution < 1.29 is 0 Å². The van der Waals surface area contributed by atoms with Gasteiger partial charge < -0.3 is 10.6 Å². The molecule has 0 spiro atoms. The Morgan fingerprint density at radius 1 is 1.00 bits per heavy atom. The number of aryl methyl sites for hydroxylation is 1. The van der Waals surface area contributed by atoms with Crippen molar-refractivity contribution in [2.45, 2.75) is 13.5 Å². The molecule has 18 heavy (non-hydrogen) atoms. The van der Waals surface area contributed by atoms with E-state index in [-0.39, 0.29) is 0 Å². The first-order valence-electron chi connectivity index (χ1n) is 5.96. The molecule has 0 radical (unpaired) electrons. The molecule has 0 aromatic heterocycles. The zero-order valence-corrected chi connectivity index (χ0v) is 12.2. The van der Waals surface area contributed by atoms with Gasteiger partial charge in [-0.05, 0) is 42.3 Å². The maximum absolute atomic E-state index is 3.54. The SMILES string of the molecule is CNc1ccc(CNc2ccc(C)c(Br)c2)cc1. The minimum atomic E-state index is 0.833. The van der Waals surface area contributed by atoms with Crippen LogP contribution in [0.15, 0.2) is 46.9 Å². The highest BCUT2D eigenvalue weighted by atomic mass is 79.9. The van der Waals surface area contributed by atoms with Crippen LogP contribution in [-0.2, 0) is 6.54 Å². The molecule has 3 heteroatoms. The van der Waals surface area contributed by atoms with Crippen molar-refractivity contribution in [1.29, 1.82) is 0 Å². The summed E-state index contributed by atoms with van der Waals surface area (Å²) in [6, 6.07) is 14.7. The first kappa shape index (κ1) is 13.0. The number of halogens is 1. The van der Waals surface area contributed by atoms with Crippen LogP contribution in [0.2, 0.25) is 0 Å². The first-order chi connectivity index (χ1) is 8.69. The molecule has 0 aliphatic rings. The Hall–Kier alpha value is -1.48. The molecule has 0 atom stereocenters. The van der Waals surface area contributed by atoms with Gasteiger partial charge in [0.25, 0.3) is 0 Å². The average molecular weight is 305 g/mol. The van der Waals surface area contributed by atoms with Crippen molar-refractivity contribution in [3.05, 3.63) is 58.1 Å². The van der Waals surface area contributed by atoms with E-state index in [1.807, 2.05) is 7.05 Å². The molecule has 0 fully saturated rings. The second-order valence-corrected chi connectivity index (χ2v) is 5.12. The zero-order chi connectivity index (χ0) is 13.0. The van der Waals surface area contributed by atoms with E-state index in [4.69, 9.17) is 0 Å². The minimum Gasteiger partial charge on any atom is -0.388 e. The Labute approximate surface area is 117 Å². The number of hydrogen-bond acceptors (Lipinski definition) is 2. The lowest BCUT2D eigenvalue weighted by atomic mass is 10.2. The van der Waals surface area contributed by atoms with E-state index in [9.17, 15) is 0 Å². The number of nitrogens with one attached hydrogen (secondary N) is 2. The van der Waals surface area contributed by atoms with Crippen LogP contribution in [0.25, 0.3) is 0 Å². The van der Waals surface area contributed by atoms with E-state index < -0.39 is 0 Å². The lowest BCUT2D eigenvalue weighted by Gasteiger charge is -2.09. The zero-order valence-electron chi connectivity index (χ0n) is 10.6. The Morgan fingerprint density at radius 3 is 2.28 bits per heavy atom. The molecule has 94 valence electrons. The van der Waals surface area contributed by atoms with Crippen LogP contribution < -0.4 is 10.6 Å². The Bertz CT molecular complexity index is 521. The van der Waals surface area contributed by atoms with Crippen LogP contribution in [0, 0.1) is 6.92 Å². The van der Waals surface area contributed by atoms with Crippen LogP contribution >= 0.6 is 15.9 Å².